The van der Waals surface area contributed by atoms with Crippen molar-refractivity contribution >= 4 is 67.1 Å². The predicted octanol–water partition coefficient (Wildman–Crippen LogP) is 6.11. The number of anilines is 1. The standard InChI is InChI=1S/C19H18Cl2N2O2S2/c1-10-6-11(2)16-14(7-10)22-19(27-16)23(9-12-4-3-5-25-12)18(24)13-8-15(20)26-17(13)21/h6-8,12H,3-5,9H2,1-2H3. The number of carbonyl (C=O) groups excluding carboxylic acids is 1. The normalized spacial score (nSPS) is 17.0. The van der Waals surface area contributed by atoms with Gasteiger partial charge < -0.3 is 4.74 Å². The highest BCUT2D eigenvalue weighted by molar-refractivity contribution is 7.22. The minimum absolute atomic E-state index is 0.0108. The van der Waals surface area contributed by atoms with Crippen LogP contribution in [0, 0.1) is 13.8 Å². The molecule has 1 unspecified atom stereocenters. The zero-order valence-electron chi connectivity index (χ0n) is 14.9. The fourth-order valence-electron chi connectivity index (χ4n) is 3.35. The van der Waals surface area contributed by atoms with Gasteiger partial charge in [0.1, 0.15) is 4.34 Å². The second kappa shape index (κ2) is 7.68. The van der Waals surface area contributed by atoms with Crippen LogP contribution in [0.1, 0.15) is 34.3 Å². The van der Waals surface area contributed by atoms with Crippen LogP contribution in [-0.4, -0.2) is 30.1 Å². The molecule has 27 heavy (non-hydrogen) atoms. The van der Waals surface area contributed by atoms with Crippen molar-refractivity contribution < 1.29 is 9.53 Å². The summed E-state index contributed by atoms with van der Waals surface area (Å²) >= 11 is 15.0. The van der Waals surface area contributed by atoms with Gasteiger partial charge in [0.25, 0.3) is 5.91 Å². The largest absolute Gasteiger partial charge is 0.376 e. The van der Waals surface area contributed by atoms with E-state index < -0.39 is 0 Å². The van der Waals surface area contributed by atoms with Gasteiger partial charge in [0.2, 0.25) is 0 Å². The number of thiazole rings is 1. The molecule has 8 heteroatoms. The number of hydrogen-bond donors (Lipinski definition) is 0. The van der Waals surface area contributed by atoms with Crippen LogP contribution >= 0.6 is 45.9 Å². The van der Waals surface area contributed by atoms with Crippen LogP contribution in [0.15, 0.2) is 18.2 Å². The number of thiophene rings is 1. The molecule has 4 nitrogen and oxygen atoms in total. The molecule has 0 saturated carbocycles. The minimum atomic E-state index is -0.188. The van der Waals surface area contributed by atoms with E-state index in [2.05, 4.69) is 13.0 Å². The van der Waals surface area contributed by atoms with E-state index in [4.69, 9.17) is 32.9 Å². The Morgan fingerprint density at radius 2 is 2.11 bits per heavy atom. The van der Waals surface area contributed by atoms with Gasteiger partial charge in [0.05, 0.1) is 32.8 Å². The number of carbonyl (C=O) groups is 1. The van der Waals surface area contributed by atoms with Crippen molar-refractivity contribution in [3.05, 3.63) is 43.6 Å². The lowest BCUT2D eigenvalue weighted by Gasteiger charge is -2.22. The molecule has 142 valence electrons. The van der Waals surface area contributed by atoms with Crippen LogP contribution in [0.5, 0.6) is 0 Å². The van der Waals surface area contributed by atoms with E-state index in [1.807, 2.05) is 13.0 Å². The van der Waals surface area contributed by atoms with Gasteiger partial charge in [-0.25, -0.2) is 4.98 Å². The van der Waals surface area contributed by atoms with Gasteiger partial charge >= 0.3 is 0 Å². The number of nitrogens with zero attached hydrogens (tertiary/aromatic N) is 2. The van der Waals surface area contributed by atoms with E-state index in [1.165, 1.54) is 22.7 Å². The lowest BCUT2D eigenvalue weighted by Crippen LogP contribution is -2.37. The molecule has 4 rings (SSSR count). The molecule has 1 aliphatic rings. The highest BCUT2D eigenvalue weighted by Gasteiger charge is 2.29. The Morgan fingerprint density at radius 1 is 1.30 bits per heavy atom. The average Bonchev–Trinajstić information content (AvgIpc) is 3.32. The molecule has 1 atom stereocenters. The molecule has 0 aliphatic carbocycles. The first-order chi connectivity index (χ1) is 12.9. The topological polar surface area (TPSA) is 42.4 Å². The fraction of sp³-hybridized carbons (Fsp3) is 0.368. The molecule has 1 amide bonds. The molecular formula is C19H18Cl2N2O2S2. The minimum Gasteiger partial charge on any atom is -0.376 e. The van der Waals surface area contributed by atoms with Crippen molar-refractivity contribution in [1.29, 1.82) is 0 Å². The summed E-state index contributed by atoms with van der Waals surface area (Å²) in [7, 11) is 0. The van der Waals surface area contributed by atoms with Crippen molar-refractivity contribution in [2.45, 2.75) is 32.8 Å². The average molecular weight is 441 g/mol. The van der Waals surface area contributed by atoms with E-state index in [-0.39, 0.29) is 12.0 Å². The molecule has 2 aromatic heterocycles. The predicted molar refractivity (Wildman–Crippen MR) is 114 cm³/mol. The number of halogens is 2. The van der Waals surface area contributed by atoms with Crippen LogP contribution in [0.4, 0.5) is 5.13 Å². The van der Waals surface area contributed by atoms with E-state index >= 15 is 0 Å². The van der Waals surface area contributed by atoms with Crippen LogP contribution in [0.2, 0.25) is 8.67 Å². The summed E-state index contributed by atoms with van der Waals surface area (Å²) < 4.78 is 7.76. The third-order valence-electron chi connectivity index (χ3n) is 4.58. The summed E-state index contributed by atoms with van der Waals surface area (Å²) in [6, 6.07) is 5.81. The van der Waals surface area contributed by atoms with Gasteiger partial charge in [-0.15, -0.1) is 11.3 Å². The highest BCUT2D eigenvalue weighted by atomic mass is 35.5. The van der Waals surface area contributed by atoms with E-state index in [1.54, 1.807) is 11.0 Å². The maximum atomic E-state index is 13.3. The molecule has 1 fully saturated rings. The lowest BCUT2D eigenvalue weighted by molar-refractivity contribution is 0.0918. The van der Waals surface area contributed by atoms with Crippen molar-refractivity contribution in [2.24, 2.45) is 0 Å². The monoisotopic (exact) mass is 440 g/mol. The third kappa shape index (κ3) is 3.87. The summed E-state index contributed by atoms with van der Waals surface area (Å²) in [4.78, 5) is 19.7. The molecule has 0 bridgehead atoms. The van der Waals surface area contributed by atoms with E-state index in [0.29, 0.717) is 25.9 Å². The molecular weight excluding hydrogens is 423 g/mol. The van der Waals surface area contributed by atoms with E-state index in [0.717, 1.165) is 40.8 Å². The SMILES string of the molecule is Cc1cc(C)c2sc(N(CC3CCCO3)C(=O)c3cc(Cl)sc3Cl)nc2c1. The summed E-state index contributed by atoms with van der Waals surface area (Å²) in [5.41, 5.74) is 3.64. The highest BCUT2D eigenvalue weighted by Crippen LogP contribution is 2.36. The summed E-state index contributed by atoms with van der Waals surface area (Å²) in [5, 5.41) is 0.664. The number of amides is 1. The Balaban J connectivity index is 1.76. The number of hydrogen-bond acceptors (Lipinski definition) is 5. The van der Waals surface area contributed by atoms with Crippen molar-refractivity contribution in [3.63, 3.8) is 0 Å². The molecule has 0 spiro atoms. The van der Waals surface area contributed by atoms with Gasteiger partial charge in [-0.05, 0) is 49.9 Å². The summed E-state index contributed by atoms with van der Waals surface area (Å²) in [6.45, 7) is 5.31. The Labute approximate surface area is 175 Å². The number of rotatable bonds is 4. The molecule has 0 radical (unpaired) electrons. The van der Waals surface area contributed by atoms with Gasteiger partial charge in [0, 0.05) is 6.61 Å². The lowest BCUT2D eigenvalue weighted by atomic mass is 10.1. The Bertz CT molecular complexity index is 1010. The fourth-order valence-corrected chi connectivity index (χ4v) is 5.82. The Kier molecular flexibility index (Phi) is 5.45. The Hall–Kier alpha value is -1.18. The Morgan fingerprint density at radius 3 is 2.78 bits per heavy atom. The first kappa shape index (κ1) is 19.2. The molecule has 1 aromatic carbocycles. The molecule has 1 saturated heterocycles. The number of aromatic nitrogens is 1. The maximum absolute atomic E-state index is 13.3. The second-order valence-corrected chi connectivity index (χ2v) is 9.98. The van der Waals surface area contributed by atoms with Crippen LogP contribution in [-0.2, 0) is 4.74 Å². The quantitative estimate of drug-likeness (QED) is 0.491. The zero-order valence-corrected chi connectivity index (χ0v) is 18.1. The van der Waals surface area contributed by atoms with Gasteiger partial charge in [0.15, 0.2) is 5.13 Å². The zero-order chi connectivity index (χ0) is 19.1. The molecule has 3 aromatic rings. The van der Waals surface area contributed by atoms with Crippen LogP contribution in [0.25, 0.3) is 10.2 Å². The van der Waals surface area contributed by atoms with Gasteiger partial charge in [-0.1, -0.05) is 40.6 Å². The number of fused-ring (bicyclic) bond motifs is 1. The second-order valence-electron chi connectivity index (χ2n) is 6.72. The smallest absolute Gasteiger partial charge is 0.262 e. The first-order valence-corrected chi connectivity index (χ1v) is 11.1. The van der Waals surface area contributed by atoms with Crippen molar-refractivity contribution in [1.82, 2.24) is 4.98 Å². The molecule has 3 heterocycles. The third-order valence-corrected chi connectivity index (χ3v) is 7.30. The summed E-state index contributed by atoms with van der Waals surface area (Å²) in [5.74, 6) is -0.188. The van der Waals surface area contributed by atoms with Crippen LogP contribution < -0.4 is 4.90 Å². The van der Waals surface area contributed by atoms with Gasteiger partial charge in [-0.2, -0.15) is 0 Å². The molecule has 1 aliphatic heterocycles. The van der Waals surface area contributed by atoms with Crippen LogP contribution in [0.3, 0.4) is 0 Å². The number of ether oxygens (including phenoxy) is 1. The number of aryl methyl sites for hydroxylation is 2. The van der Waals surface area contributed by atoms with Crippen molar-refractivity contribution in [3.8, 4) is 0 Å². The maximum Gasteiger partial charge on any atom is 0.262 e. The summed E-state index contributed by atoms with van der Waals surface area (Å²) in [6.07, 6.45) is 1.96. The molecule has 0 N–H and O–H groups in total. The van der Waals surface area contributed by atoms with Gasteiger partial charge in [-0.3, -0.25) is 9.69 Å². The van der Waals surface area contributed by atoms with Crippen molar-refractivity contribution in [2.75, 3.05) is 18.1 Å². The first-order valence-electron chi connectivity index (χ1n) is 8.68. The van der Waals surface area contributed by atoms with E-state index in [9.17, 15) is 4.79 Å². The number of benzene rings is 1.